The second kappa shape index (κ2) is 4.19. The molecule has 6 nitrogen and oxygen atoms in total. The molecule has 19 heavy (non-hydrogen) atoms. The van der Waals surface area contributed by atoms with Crippen LogP contribution in [0.1, 0.15) is 12.8 Å². The van der Waals surface area contributed by atoms with Crippen LogP contribution in [0.2, 0.25) is 0 Å². The van der Waals surface area contributed by atoms with Crippen LogP contribution in [0.4, 0.5) is 10.6 Å². The van der Waals surface area contributed by atoms with Crippen LogP contribution in [0, 0.1) is 5.92 Å². The van der Waals surface area contributed by atoms with Crippen LogP contribution in [0.25, 0.3) is 0 Å². The molecule has 2 N–H and O–H groups in total. The van der Waals surface area contributed by atoms with Crippen LogP contribution >= 0.6 is 15.9 Å². The summed E-state index contributed by atoms with van der Waals surface area (Å²) >= 11 is 3.23. The molecule has 7 heteroatoms. The van der Waals surface area contributed by atoms with Crippen LogP contribution in [-0.4, -0.2) is 39.1 Å². The van der Waals surface area contributed by atoms with E-state index in [4.69, 9.17) is 5.11 Å². The third kappa shape index (κ3) is 1.88. The van der Waals surface area contributed by atoms with Crippen molar-refractivity contribution >= 4 is 33.7 Å². The quantitative estimate of drug-likeness (QED) is 0.814. The van der Waals surface area contributed by atoms with Crippen molar-refractivity contribution in [1.82, 2.24) is 9.88 Å². The third-order valence-corrected chi connectivity index (χ3v) is 4.26. The summed E-state index contributed by atoms with van der Waals surface area (Å²) < 4.78 is 0.621. The number of amides is 2. The number of hydrogen-bond acceptors (Lipinski definition) is 3. The number of carboxylic acid groups (broad SMARTS) is 1. The molecular formula is C12H12BrN3O3. The van der Waals surface area contributed by atoms with E-state index in [1.165, 1.54) is 4.90 Å². The number of anilines is 1. The number of aromatic nitrogens is 1. The van der Waals surface area contributed by atoms with E-state index >= 15 is 0 Å². The molecule has 0 radical (unpaired) electrons. The first kappa shape index (κ1) is 12.4. The standard InChI is InChI=1S/C12H12BrN3O3/c13-8-2-1-3-9(14-8)15-10(17)12-4-7(5-12)6-16(12)11(18)19/h1-3,7H,4-6H2,(H,18,19)(H,14,15,17). The lowest BCUT2D eigenvalue weighted by Crippen LogP contribution is -2.56. The summed E-state index contributed by atoms with van der Waals surface area (Å²) in [6, 6.07) is 5.19. The van der Waals surface area contributed by atoms with E-state index in [1.54, 1.807) is 18.2 Å². The monoisotopic (exact) mass is 325 g/mol. The molecule has 3 heterocycles. The smallest absolute Gasteiger partial charge is 0.408 e. The number of nitrogens with zero attached hydrogens (tertiary/aromatic N) is 2. The predicted molar refractivity (Wildman–Crippen MR) is 70.8 cm³/mol. The Morgan fingerprint density at radius 3 is 2.84 bits per heavy atom. The van der Waals surface area contributed by atoms with Gasteiger partial charge in [0, 0.05) is 6.54 Å². The second-order valence-corrected chi connectivity index (χ2v) is 5.81. The highest BCUT2D eigenvalue weighted by Crippen LogP contribution is 2.50. The van der Waals surface area contributed by atoms with Crippen molar-refractivity contribution in [2.45, 2.75) is 18.4 Å². The summed E-state index contributed by atoms with van der Waals surface area (Å²) in [7, 11) is 0. The Morgan fingerprint density at radius 2 is 2.21 bits per heavy atom. The first-order valence-electron chi connectivity index (χ1n) is 5.96. The number of hydrogen-bond donors (Lipinski definition) is 2. The molecule has 2 saturated heterocycles. The number of pyridine rings is 1. The molecule has 2 aliphatic heterocycles. The van der Waals surface area contributed by atoms with Gasteiger partial charge in [-0.25, -0.2) is 9.78 Å². The predicted octanol–water partition coefficient (Wildman–Crippen LogP) is 1.93. The van der Waals surface area contributed by atoms with Crippen molar-refractivity contribution in [2.24, 2.45) is 5.92 Å². The first-order chi connectivity index (χ1) is 9.01. The van der Waals surface area contributed by atoms with E-state index in [0.717, 1.165) is 0 Å². The normalized spacial score (nSPS) is 27.8. The van der Waals surface area contributed by atoms with Crippen molar-refractivity contribution in [2.75, 3.05) is 11.9 Å². The number of carbonyl (C=O) groups is 2. The fourth-order valence-corrected chi connectivity index (χ4v) is 3.30. The average molecular weight is 326 g/mol. The molecule has 3 aliphatic rings. The van der Waals surface area contributed by atoms with Crippen LogP contribution in [0.15, 0.2) is 22.8 Å². The Hall–Kier alpha value is -1.63. The maximum absolute atomic E-state index is 12.3. The summed E-state index contributed by atoms with van der Waals surface area (Å²) in [5.41, 5.74) is -0.888. The van der Waals surface area contributed by atoms with Gasteiger partial charge < -0.3 is 10.4 Å². The Morgan fingerprint density at radius 1 is 1.47 bits per heavy atom. The van der Waals surface area contributed by atoms with Gasteiger partial charge in [0.1, 0.15) is 16.0 Å². The van der Waals surface area contributed by atoms with Gasteiger partial charge in [0.25, 0.3) is 5.91 Å². The van der Waals surface area contributed by atoms with E-state index in [-0.39, 0.29) is 5.91 Å². The zero-order chi connectivity index (χ0) is 13.6. The highest BCUT2D eigenvalue weighted by atomic mass is 79.9. The molecule has 0 atom stereocenters. The number of halogens is 1. The Balaban J connectivity index is 1.79. The Labute approximate surface area is 117 Å². The molecule has 0 aromatic carbocycles. The van der Waals surface area contributed by atoms with E-state index < -0.39 is 11.6 Å². The third-order valence-electron chi connectivity index (χ3n) is 3.82. The van der Waals surface area contributed by atoms with Gasteiger partial charge in [-0.3, -0.25) is 9.69 Å². The van der Waals surface area contributed by atoms with E-state index in [1.807, 2.05) is 0 Å². The zero-order valence-corrected chi connectivity index (χ0v) is 11.6. The summed E-state index contributed by atoms with van der Waals surface area (Å²) in [5.74, 6) is 0.459. The molecule has 2 bridgehead atoms. The Kier molecular flexibility index (Phi) is 2.74. The van der Waals surface area contributed by atoms with Gasteiger partial charge in [0.2, 0.25) is 0 Å². The van der Waals surface area contributed by atoms with E-state index in [9.17, 15) is 9.59 Å². The summed E-state index contributed by atoms with van der Waals surface area (Å²) in [5, 5.41) is 11.9. The van der Waals surface area contributed by atoms with Gasteiger partial charge in [0.05, 0.1) is 0 Å². The van der Waals surface area contributed by atoms with E-state index in [2.05, 4.69) is 26.2 Å². The lowest BCUT2D eigenvalue weighted by Gasteiger charge is -2.38. The lowest BCUT2D eigenvalue weighted by molar-refractivity contribution is -0.128. The highest BCUT2D eigenvalue weighted by Gasteiger charge is 2.62. The number of carbonyl (C=O) groups excluding carboxylic acids is 1. The molecule has 0 unspecified atom stereocenters. The van der Waals surface area contributed by atoms with Crippen molar-refractivity contribution in [1.29, 1.82) is 0 Å². The van der Waals surface area contributed by atoms with Crippen LogP contribution in [0.3, 0.4) is 0 Å². The number of rotatable bonds is 2. The lowest BCUT2D eigenvalue weighted by atomic mass is 9.72. The maximum atomic E-state index is 12.3. The molecule has 1 aromatic rings. The van der Waals surface area contributed by atoms with Gasteiger partial charge >= 0.3 is 6.09 Å². The van der Waals surface area contributed by atoms with Crippen molar-refractivity contribution in [3.63, 3.8) is 0 Å². The van der Waals surface area contributed by atoms with Crippen LogP contribution < -0.4 is 5.32 Å². The fraction of sp³-hybridized carbons (Fsp3) is 0.417. The first-order valence-corrected chi connectivity index (χ1v) is 6.75. The SMILES string of the molecule is O=C(O)N1CC2CC1(C(=O)Nc1cccc(Br)n1)C2. The minimum Gasteiger partial charge on any atom is -0.465 e. The highest BCUT2D eigenvalue weighted by molar-refractivity contribution is 9.10. The topological polar surface area (TPSA) is 82.5 Å². The van der Waals surface area contributed by atoms with Gasteiger partial charge in [-0.05, 0) is 46.8 Å². The molecule has 1 saturated carbocycles. The number of nitrogens with one attached hydrogen (secondary N) is 1. The molecule has 1 aromatic heterocycles. The Bertz CT molecular complexity index is 557. The summed E-state index contributed by atoms with van der Waals surface area (Å²) in [6.45, 7) is 0.453. The minimum atomic E-state index is -1.03. The molecule has 0 spiro atoms. The fourth-order valence-electron chi connectivity index (χ4n) is 2.96. The summed E-state index contributed by atoms with van der Waals surface area (Å²) in [4.78, 5) is 28.9. The van der Waals surface area contributed by atoms with Gasteiger partial charge in [-0.1, -0.05) is 6.07 Å². The van der Waals surface area contributed by atoms with Crippen LogP contribution in [-0.2, 0) is 4.79 Å². The zero-order valence-electron chi connectivity index (χ0n) is 9.97. The molecule has 3 fully saturated rings. The minimum absolute atomic E-state index is 0.283. The second-order valence-electron chi connectivity index (χ2n) is 5.00. The molecular weight excluding hydrogens is 314 g/mol. The van der Waals surface area contributed by atoms with Crippen molar-refractivity contribution < 1.29 is 14.7 Å². The van der Waals surface area contributed by atoms with Gasteiger partial charge in [-0.15, -0.1) is 0 Å². The van der Waals surface area contributed by atoms with Gasteiger partial charge in [0.15, 0.2) is 0 Å². The number of fused-ring (bicyclic) bond motifs is 1. The molecule has 2 amide bonds. The molecule has 4 rings (SSSR count). The van der Waals surface area contributed by atoms with Crippen molar-refractivity contribution in [3.8, 4) is 0 Å². The maximum Gasteiger partial charge on any atom is 0.408 e. The summed E-state index contributed by atoms with van der Waals surface area (Å²) in [6.07, 6.45) is 0.190. The molecule has 100 valence electrons. The van der Waals surface area contributed by atoms with Crippen molar-refractivity contribution in [3.05, 3.63) is 22.8 Å². The van der Waals surface area contributed by atoms with E-state index in [0.29, 0.717) is 35.7 Å². The largest absolute Gasteiger partial charge is 0.465 e. The van der Waals surface area contributed by atoms with Crippen LogP contribution in [0.5, 0.6) is 0 Å². The molecule has 1 aliphatic carbocycles. The average Bonchev–Trinajstić information content (AvgIpc) is 2.83. The van der Waals surface area contributed by atoms with Gasteiger partial charge in [-0.2, -0.15) is 0 Å².